The van der Waals surface area contributed by atoms with Crippen molar-refractivity contribution in [3.05, 3.63) is 52.6 Å². The fourth-order valence-corrected chi connectivity index (χ4v) is 1.71. The zero-order valence-electron chi connectivity index (χ0n) is 9.33. The quantitative estimate of drug-likeness (QED) is 0.524. The molecule has 0 heterocycles. The van der Waals surface area contributed by atoms with Gasteiger partial charge in [0.15, 0.2) is 41.4 Å². The Labute approximate surface area is 107 Å². The molecule has 0 fully saturated rings. The number of alkyl halides is 2. The van der Waals surface area contributed by atoms with Gasteiger partial charge < -0.3 is 0 Å². The number of hydrogen-bond acceptors (Lipinski definition) is 0. The third-order valence-corrected chi connectivity index (χ3v) is 2.71. The molecule has 1 aromatic carbocycles. The summed E-state index contributed by atoms with van der Waals surface area (Å²) in [7, 11) is 0. The first kappa shape index (κ1) is 14.5. The molecule has 0 radical (unpaired) electrons. The highest BCUT2D eigenvalue weighted by Gasteiger charge is 2.41. The molecule has 0 bridgehead atoms. The highest BCUT2D eigenvalue weighted by Crippen LogP contribution is 2.42. The normalized spacial score (nSPS) is 23.6. The minimum atomic E-state index is -3.22. The lowest BCUT2D eigenvalue weighted by molar-refractivity contribution is 0.170. The lowest BCUT2D eigenvalue weighted by atomic mass is 9.94. The van der Waals surface area contributed by atoms with Gasteiger partial charge in [0, 0.05) is 5.56 Å². The first-order valence-corrected chi connectivity index (χ1v) is 5.14. The van der Waals surface area contributed by atoms with Crippen molar-refractivity contribution in [3.63, 3.8) is 0 Å². The second kappa shape index (κ2) is 4.92. The van der Waals surface area contributed by atoms with Gasteiger partial charge in [0.25, 0.3) is 0 Å². The predicted octanol–water partition coefficient (Wildman–Crippen LogP) is 4.62. The molecule has 0 aliphatic heterocycles. The number of benzene rings is 1. The number of hydrogen-bond donors (Lipinski definition) is 0. The van der Waals surface area contributed by atoms with Gasteiger partial charge in [-0.05, 0) is 12.1 Å². The van der Waals surface area contributed by atoms with Crippen molar-refractivity contribution in [2.24, 2.45) is 0 Å². The molecule has 1 aromatic rings. The van der Waals surface area contributed by atoms with Gasteiger partial charge in [-0.2, -0.15) is 0 Å². The molecular formula is C12H4F8. The second-order valence-electron chi connectivity index (χ2n) is 3.91. The monoisotopic (exact) mass is 300 g/mol. The Morgan fingerprint density at radius 3 is 1.85 bits per heavy atom. The van der Waals surface area contributed by atoms with E-state index >= 15 is 0 Å². The topological polar surface area (TPSA) is 0 Å². The van der Waals surface area contributed by atoms with Crippen molar-refractivity contribution in [3.8, 4) is 0 Å². The Hall–Kier alpha value is -1.86. The lowest BCUT2D eigenvalue weighted by Gasteiger charge is -2.20. The van der Waals surface area contributed by atoms with Crippen LogP contribution in [0.2, 0.25) is 0 Å². The fourth-order valence-electron chi connectivity index (χ4n) is 1.71. The molecule has 0 unspecified atom stereocenters. The van der Waals surface area contributed by atoms with Crippen LogP contribution in [0.3, 0.4) is 0 Å². The van der Waals surface area contributed by atoms with Crippen molar-refractivity contribution in [2.45, 2.75) is 12.3 Å². The smallest absolute Gasteiger partial charge is 0.195 e. The molecule has 0 aromatic heterocycles. The average molecular weight is 300 g/mol. The third kappa shape index (κ3) is 1.99. The summed E-state index contributed by atoms with van der Waals surface area (Å²) in [5.74, 6) is -12.4. The third-order valence-electron chi connectivity index (χ3n) is 2.71. The Balaban J connectivity index is 2.72. The number of halogens is 8. The lowest BCUT2D eigenvalue weighted by Crippen LogP contribution is -2.25. The molecule has 1 aliphatic carbocycles. The molecule has 0 amide bonds. The van der Waals surface area contributed by atoms with Crippen molar-refractivity contribution in [1.82, 2.24) is 0 Å². The molecule has 0 saturated heterocycles. The largest absolute Gasteiger partial charge is 0.236 e. The molecular weight excluding hydrogens is 296 g/mol. The average Bonchev–Trinajstić information content (AvgIpc) is 2.43. The van der Waals surface area contributed by atoms with Gasteiger partial charge in [-0.25, -0.2) is 35.1 Å². The second-order valence-corrected chi connectivity index (χ2v) is 3.91. The summed E-state index contributed by atoms with van der Waals surface area (Å²) < 4.78 is 105. The highest BCUT2D eigenvalue weighted by atomic mass is 19.2. The standard InChI is InChI=1S/C12H4F8/c13-4-2-1-3(6(14)7(4)15)5-8(16)10(18)12(20)11(19)9(5)17/h1-2,10,12H/t10-,12-/m1/s1. The SMILES string of the molecule is FC1=C(F)[C@H](F)[C@H](F)C(F)=C1c1ccc(F)c(F)c1F. The van der Waals surface area contributed by atoms with E-state index in [9.17, 15) is 35.1 Å². The van der Waals surface area contributed by atoms with Gasteiger partial charge in [-0.3, -0.25) is 0 Å². The van der Waals surface area contributed by atoms with Gasteiger partial charge in [0.2, 0.25) is 0 Å². The van der Waals surface area contributed by atoms with Crippen LogP contribution in [0.25, 0.3) is 5.57 Å². The van der Waals surface area contributed by atoms with Crippen LogP contribution in [0.1, 0.15) is 5.56 Å². The zero-order chi connectivity index (χ0) is 15.2. The van der Waals surface area contributed by atoms with Gasteiger partial charge >= 0.3 is 0 Å². The van der Waals surface area contributed by atoms with E-state index in [0.717, 1.165) is 0 Å². The van der Waals surface area contributed by atoms with E-state index < -0.39 is 58.4 Å². The summed E-state index contributed by atoms with van der Waals surface area (Å²) in [6.07, 6.45) is -6.41. The first-order chi connectivity index (χ1) is 9.27. The minimum Gasteiger partial charge on any atom is -0.236 e. The summed E-state index contributed by atoms with van der Waals surface area (Å²) in [6.45, 7) is 0. The summed E-state index contributed by atoms with van der Waals surface area (Å²) >= 11 is 0. The van der Waals surface area contributed by atoms with Crippen LogP contribution < -0.4 is 0 Å². The summed E-state index contributed by atoms with van der Waals surface area (Å²) in [4.78, 5) is 0. The first-order valence-electron chi connectivity index (χ1n) is 5.14. The van der Waals surface area contributed by atoms with E-state index in [1.54, 1.807) is 0 Å². The van der Waals surface area contributed by atoms with Crippen LogP contribution in [0.15, 0.2) is 29.6 Å². The molecule has 2 rings (SSSR count). The summed E-state index contributed by atoms with van der Waals surface area (Å²) in [6, 6.07) is 0.703. The van der Waals surface area contributed by atoms with Crippen LogP contribution in [0.5, 0.6) is 0 Å². The molecule has 0 saturated carbocycles. The maximum atomic E-state index is 13.5. The zero-order valence-corrected chi connectivity index (χ0v) is 9.33. The molecule has 0 spiro atoms. The molecule has 20 heavy (non-hydrogen) atoms. The van der Waals surface area contributed by atoms with Crippen LogP contribution >= 0.6 is 0 Å². The molecule has 108 valence electrons. The Bertz CT molecular complexity index is 631. The van der Waals surface area contributed by atoms with Crippen molar-refractivity contribution in [1.29, 1.82) is 0 Å². The molecule has 8 heteroatoms. The minimum absolute atomic E-state index is 0.313. The number of rotatable bonds is 1. The van der Waals surface area contributed by atoms with E-state index in [0.29, 0.717) is 12.1 Å². The van der Waals surface area contributed by atoms with Crippen molar-refractivity contribution in [2.75, 3.05) is 0 Å². The predicted molar refractivity (Wildman–Crippen MR) is 53.4 cm³/mol. The number of allylic oxidation sites excluding steroid dienone is 4. The highest BCUT2D eigenvalue weighted by molar-refractivity contribution is 5.81. The molecule has 0 nitrogen and oxygen atoms in total. The van der Waals surface area contributed by atoms with E-state index in [-0.39, 0.29) is 0 Å². The van der Waals surface area contributed by atoms with Crippen LogP contribution in [0, 0.1) is 17.5 Å². The summed E-state index contributed by atoms with van der Waals surface area (Å²) in [5, 5.41) is 0. The van der Waals surface area contributed by atoms with Crippen molar-refractivity contribution < 1.29 is 35.1 Å². The Morgan fingerprint density at radius 2 is 1.25 bits per heavy atom. The van der Waals surface area contributed by atoms with Crippen LogP contribution in [-0.4, -0.2) is 12.3 Å². The van der Waals surface area contributed by atoms with Gasteiger partial charge in [-0.15, -0.1) is 0 Å². The van der Waals surface area contributed by atoms with E-state index in [2.05, 4.69) is 0 Å². The van der Waals surface area contributed by atoms with Gasteiger partial charge in [0.1, 0.15) is 5.83 Å². The van der Waals surface area contributed by atoms with Crippen molar-refractivity contribution >= 4 is 5.57 Å². The molecule has 1 aliphatic rings. The van der Waals surface area contributed by atoms with E-state index in [1.165, 1.54) is 0 Å². The molecule has 2 atom stereocenters. The maximum absolute atomic E-state index is 13.5. The van der Waals surface area contributed by atoms with E-state index in [4.69, 9.17) is 0 Å². The fraction of sp³-hybridized carbons (Fsp3) is 0.167. The summed E-state index contributed by atoms with van der Waals surface area (Å²) in [5.41, 5.74) is -2.86. The van der Waals surface area contributed by atoms with Crippen LogP contribution in [-0.2, 0) is 0 Å². The Kier molecular flexibility index (Phi) is 3.58. The van der Waals surface area contributed by atoms with Gasteiger partial charge in [0.05, 0.1) is 5.57 Å². The maximum Gasteiger partial charge on any atom is 0.195 e. The van der Waals surface area contributed by atoms with E-state index in [1.807, 2.05) is 0 Å². The Morgan fingerprint density at radius 1 is 0.700 bits per heavy atom. The van der Waals surface area contributed by atoms with Gasteiger partial charge in [-0.1, -0.05) is 0 Å². The molecule has 0 N–H and O–H groups in total. The van der Waals surface area contributed by atoms with Crippen LogP contribution in [0.4, 0.5) is 35.1 Å².